The number of rotatable bonds is 7. The van der Waals surface area contributed by atoms with Crippen molar-refractivity contribution in [2.24, 2.45) is 0 Å². The van der Waals surface area contributed by atoms with E-state index in [1.807, 2.05) is 18.2 Å². The fourth-order valence-corrected chi connectivity index (χ4v) is 2.18. The molecule has 0 aliphatic carbocycles. The molecule has 0 spiro atoms. The number of nitrogens with one attached hydrogen (secondary N) is 2. The summed E-state index contributed by atoms with van der Waals surface area (Å²) in [6, 6.07) is 15.4. The van der Waals surface area contributed by atoms with Gasteiger partial charge in [-0.3, -0.25) is 4.79 Å². The number of nitrogens with zero attached hydrogens (tertiary/aromatic N) is 2. The van der Waals surface area contributed by atoms with E-state index in [2.05, 4.69) is 20.8 Å². The number of anilines is 3. The van der Waals surface area contributed by atoms with Crippen molar-refractivity contribution in [1.82, 2.24) is 10.2 Å². The number of hydrogen-bond acceptors (Lipinski definition) is 5. The second-order valence-corrected chi connectivity index (χ2v) is 5.51. The van der Waals surface area contributed by atoms with Crippen LogP contribution < -0.4 is 15.4 Å². The highest BCUT2D eigenvalue weighted by Crippen LogP contribution is 2.19. The molecule has 2 aromatic carbocycles. The second-order valence-electron chi connectivity index (χ2n) is 5.51. The van der Waals surface area contributed by atoms with Crippen LogP contribution in [-0.2, 0) is 4.79 Å². The van der Waals surface area contributed by atoms with Crippen LogP contribution in [0.25, 0.3) is 0 Å². The molecule has 0 fully saturated rings. The maximum atomic E-state index is 13.6. The Labute approximate surface area is 154 Å². The molecule has 0 saturated carbocycles. The Hall–Kier alpha value is -3.55. The number of para-hydroxylation sites is 1. The minimum atomic E-state index is -0.743. The second kappa shape index (κ2) is 8.70. The van der Waals surface area contributed by atoms with Gasteiger partial charge in [0.05, 0.1) is 18.7 Å². The number of aromatic nitrogens is 2. The third-order valence-corrected chi connectivity index (χ3v) is 3.47. The van der Waals surface area contributed by atoms with Gasteiger partial charge in [0, 0.05) is 6.07 Å². The summed E-state index contributed by atoms with van der Waals surface area (Å²) in [7, 11) is 0. The first-order valence-electron chi connectivity index (χ1n) is 8.14. The third kappa shape index (κ3) is 5.46. The number of ether oxygens (including phenoxy) is 1. The fourth-order valence-electron chi connectivity index (χ4n) is 2.18. The summed E-state index contributed by atoms with van der Waals surface area (Å²) in [6.45, 7) is 0.229. The molecule has 0 aliphatic rings. The summed E-state index contributed by atoms with van der Waals surface area (Å²) in [5.41, 5.74) is 0.0700. The molecular weight excluding hydrogens is 354 g/mol. The minimum absolute atomic E-state index is 0.0700. The predicted octanol–water partition coefficient (Wildman–Crippen LogP) is 3.91. The predicted molar refractivity (Wildman–Crippen MR) is 96.9 cm³/mol. The maximum absolute atomic E-state index is 13.6. The van der Waals surface area contributed by atoms with Gasteiger partial charge in [-0.25, -0.2) is 8.78 Å². The zero-order valence-electron chi connectivity index (χ0n) is 14.2. The number of benzene rings is 2. The molecule has 1 aromatic heterocycles. The average Bonchev–Trinajstić information content (AvgIpc) is 2.66. The van der Waals surface area contributed by atoms with E-state index < -0.39 is 11.6 Å². The Morgan fingerprint density at radius 2 is 1.70 bits per heavy atom. The van der Waals surface area contributed by atoms with E-state index in [-0.39, 0.29) is 36.3 Å². The van der Waals surface area contributed by atoms with Crippen molar-refractivity contribution in [3.63, 3.8) is 0 Å². The molecule has 3 aromatic rings. The van der Waals surface area contributed by atoms with Gasteiger partial charge in [-0.15, -0.1) is 10.2 Å². The molecule has 0 unspecified atom stereocenters. The van der Waals surface area contributed by atoms with Crippen LogP contribution in [0.3, 0.4) is 0 Å². The molecule has 8 heteroatoms. The number of carbonyl (C=O) groups excluding carboxylic acids is 1. The fraction of sp³-hybridized carbons (Fsp3) is 0.105. The van der Waals surface area contributed by atoms with Crippen molar-refractivity contribution in [3.8, 4) is 5.75 Å². The largest absolute Gasteiger partial charge is 0.493 e. The van der Waals surface area contributed by atoms with Gasteiger partial charge in [0.25, 0.3) is 0 Å². The van der Waals surface area contributed by atoms with Crippen LogP contribution in [-0.4, -0.2) is 22.7 Å². The Morgan fingerprint density at radius 3 is 2.41 bits per heavy atom. The van der Waals surface area contributed by atoms with Crippen molar-refractivity contribution in [2.75, 3.05) is 17.2 Å². The molecule has 0 radical (unpaired) electrons. The van der Waals surface area contributed by atoms with E-state index in [9.17, 15) is 13.6 Å². The Morgan fingerprint density at radius 1 is 0.963 bits per heavy atom. The first-order valence-corrected chi connectivity index (χ1v) is 8.14. The van der Waals surface area contributed by atoms with Crippen molar-refractivity contribution in [3.05, 3.63) is 72.3 Å². The van der Waals surface area contributed by atoms with Crippen molar-refractivity contribution in [2.45, 2.75) is 6.42 Å². The van der Waals surface area contributed by atoms with Crippen LogP contribution >= 0.6 is 0 Å². The summed E-state index contributed by atoms with van der Waals surface area (Å²) < 4.78 is 32.0. The lowest BCUT2D eigenvalue weighted by Crippen LogP contribution is -2.16. The molecule has 3 rings (SSSR count). The molecule has 0 atom stereocenters. The highest BCUT2D eigenvalue weighted by molar-refractivity contribution is 5.89. The first kappa shape index (κ1) is 18.2. The number of carbonyl (C=O) groups is 1. The topological polar surface area (TPSA) is 76.1 Å². The average molecular weight is 370 g/mol. The lowest BCUT2D eigenvalue weighted by atomic mass is 10.3. The summed E-state index contributed by atoms with van der Waals surface area (Å²) in [4.78, 5) is 11.9. The van der Waals surface area contributed by atoms with Crippen LogP contribution in [0, 0.1) is 11.6 Å². The van der Waals surface area contributed by atoms with Gasteiger partial charge in [0.2, 0.25) is 5.91 Å². The van der Waals surface area contributed by atoms with Crippen LogP contribution in [0.2, 0.25) is 0 Å². The molecule has 138 valence electrons. The molecule has 27 heavy (non-hydrogen) atoms. The molecule has 1 amide bonds. The molecule has 0 bridgehead atoms. The third-order valence-electron chi connectivity index (χ3n) is 3.47. The summed E-state index contributed by atoms with van der Waals surface area (Å²) >= 11 is 0. The number of hydrogen-bond donors (Lipinski definition) is 2. The monoisotopic (exact) mass is 370 g/mol. The van der Waals surface area contributed by atoms with Gasteiger partial charge in [0.1, 0.15) is 17.4 Å². The normalized spacial score (nSPS) is 10.3. The van der Waals surface area contributed by atoms with E-state index in [0.717, 1.165) is 12.1 Å². The van der Waals surface area contributed by atoms with Crippen LogP contribution in [0.1, 0.15) is 6.42 Å². The molecule has 6 nitrogen and oxygen atoms in total. The molecule has 0 saturated heterocycles. The SMILES string of the molecule is O=C(CCOc1ccccc1)Nc1ccc(Nc2ccc(F)cc2F)nn1. The van der Waals surface area contributed by atoms with E-state index in [4.69, 9.17) is 4.74 Å². The Bertz CT molecular complexity index is 905. The quantitative estimate of drug-likeness (QED) is 0.660. The van der Waals surface area contributed by atoms with E-state index in [1.54, 1.807) is 12.1 Å². The Balaban J connectivity index is 1.49. The summed E-state index contributed by atoms with van der Waals surface area (Å²) in [5.74, 6) is -0.485. The molecular formula is C19H16F2N4O2. The van der Waals surface area contributed by atoms with Gasteiger partial charge in [-0.2, -0.15) is 0 Å². The van der Waals surface area contributed by atoms with Crippen molar-refractivity contribution < 1.29 is 18.3 Å². The first-order chi connectivity index (χ1) is 13.1. The van der Waals surface area contributed by atoms with Gasteiger partial charge >= 0.3 is 0 Å². The summed E-state index contributed by atoms with van der Waals surface area (Å²) in [5, 5.41) is 13.0. The lowest BCUT2D eigenvalue weighted by Gasteiger charge is -2.08. The lowest BCUT2D eigenvalue weighted by molar-refractivity contribution is -0.116. The molecule has 2 N–H and O–H groups in total. The van der Waals surface area contributed by atoms with Crippen LogP contribution in [0.5, 0.6) is 5.75 Å². The number of halogens is 2. The highest BCUT2D eigenvalue weighted by Gasteiger charge is 2.07. The standard InChI is InChI=1S/C19H16F2N4O2/c20-13-6-7-16(15(21)12-13)22-17-8-9-18(25-24-17)23-19(26)10-11-27-14-4-2-1-3-5-14/h1-9,12H,10-11H2,(H,22,24)(H,23,25,26). The summed E-state index contributed by atoms with van der Waals surface area (Å²) in [6.07, 6.45) is 0.150. The zero-order valence-corrected chi connectivity index (χ0v) is 14.2. The van der Waals surface area contributed by atoms with E-state index >= 15 is 0 Å². The van der Waals surface area contributed by atoms with E-state index in [0.29, 0.717) is 5.75 Å². The maximum Gasteiger partial charge on any atom is 0.229 e. The van der Waals surface area contributed by atoms with Crippen molar-refractivity contribution >= 4 is 23.2 Å². The van der Waals surface area contributed by atoms with Crippen molar-refractivity contribution in [1.29, 1.82) is 0 Å². The zero-order chi connectivity index (χ0) is 19.1. The highest BCUT2D eigenvalue weighted by atomic mass is 19.1. The number of amides is 1. The Kier molecular flexibility index (Phi) is 5.88. The molecule has 1 heterocycles. The van der Waals surface area contributed by atoms with Gasteiger partial charge < -0.3 is 15.4 Å². The van der Waals surface area contributed by atoms with Crippen LogP contribution in [0.4, 0.5) is 26.1 Å². The van der Waals surface area contributed by atoms with Gasteiger partial charge in [-0.1, -0.05) is 18.2 Å². The smallest absolute Gasteiger partial charge is 0.229 e. The van der Waals surface area contributed by atoms with E-state index in [1.165, 1.54) is 18.2 Å². The van der Waals surface area contributed by atoms with Gasteiger partial charge in [-0.05, 0) is 36.4 Å². The van der Waals surface area contributed by atoms with Crippen LogP contribution in [0.15, 0.2) is 60.7 Å². The van der Waals surface area contributed by atoms with Gasteiger partial charge in [0.15, 0.2) is 11.6 Å². The minimum Gasteiger partial charge on any atom is -0.493 e. The molecule has 0 aliphatic heterocycles.